The number of carbonyl (C=O) groups is 5. The zero-order chi connectivity index (χ0) is 34.6. The highest BCUT2D eigenvalue weighted by Gasteiger charge is 2.70. The zero-order valence-electron chi connectivity index (χ0n) is 29.8. The van der Waals surface area contributed by atoms with Crippen LogP contribution in [0.15, 0.2) is 12.7 Å². The average molecular weight is 645 g/mol. The highest BCUT2D eigenvalue weighted by Crippen LogP contribution is 2.65. The standard InChI is InChI=1S/C35H60N6O5/c1-11-16-23(27(42)30(44)36-17-12-2)37-29(43)26-25-22(35(25,9)10)20-41(26)31(45)28(34(6,7)8)39-32(46)38-24(33(3,4)5)21-40-18-14-13-15-19-40/h12,22-26,28H,2,11,13-21H2,1,3-10H3,(H,36,44)(H,37,43)(H2,38,39,46)/t22-,23?,24-,25-,26-,28+/m0/s1. The van der Waals surface area contributed by atoms with Crippen LogP contribution in [-0.2, 0) is 19.2 Å². The molecule has 3 fully saturated rings. The first-order chi connectivity index (χ1) is 21.3. The van der Waals surface area contributed by atoms with Crippen molar-refractivity contribution in [3.05, 3.63) is 12.7 Å². The molecule has 11 heteroatoms. The molecular formula is C35H60N6O5. The minimum Gasteiger partial charge on any atom is -0.346 e. The number of nitrogens with one attached hydrogen (secondary N) is 4. The normalized spacial score (nSPS) is 24.5. The van der Waals surface area contributed by atoms with Gasteiger partial charge in [-0.15, -0.1) is 6.58 Å². The van der Waals surface area contributed by atoms with Crippen molar-refractivity contribution in [3.8, 4) is 0 Å². The number of urea groups is 1. The van der Waals surface area contributed by atoms with E-state index in [1.165, 1.54) is 12.5 Å². The molecule has 11 nitrogen and oxygen atoms in total. The molecule has 4 N–H and O–H groups in total. The Morgan fingerprint density at radius 3 is 2.11 bits per heavy atom. The summed E-state index contributed by atoms with van der Waals surface area (Å²) in [4.78, 5) is 71.3. The Kier molecular flexibility index (Phi) is 12.1. The summed E-state index contributed by atoms with van der Waals surface area (Å²) >= 11 is 0. The second-order valence-corrected chi connectivity index (χ2v) is 16.3. The summed E-state index contributed by atoms with van der Waals surface area (Å²) in [5, 5.41) is 11.5. The average Bonchev–Trinajstić information content (AvgIpc) is 3.28. The number of fused-ring (bicyclic) bond motifs is 1. The van der Waals surface area contributed by atoms with Crippen molar-refractivity contribution in [3.63, 3.8) is 0 Å². The number of ketones is 1. The van der Waals surface area contributed by atoms with E-state index in [1.54, 1.807) is 4.90 Å². The Morgan fingerprint density at radius 1 is 0.935 bits per heavy atom. The topological polar surface area (TPSA) is 140 Å². The van der Waals surface area contributed by atoms with Crippen LogP contribution in [0.4, 0.5) is 4.79 Å². The van der Waals surface area contributed by atoms with Gasteiger partial charge in [-0.2, -0.15) is 0 Å². The molecule has 0 aromatic heterocycles. The Hall–Kier alpha value is -2.95. The van der Waals surface area contributed by atoms with Gasteiger partial charge < -0.3 is 31.1 Å². The molecule has 3 rings (SSSR count). The van der Waals surface area contributed by atoms with Crippen molar-refractivity contribution in [1.82, 2.24) is 31.1 Å². The van der Waals surface area contributed by atoms with Crippen molar-refractivity contribution in [2.24, 2.45) is 28.1 Å². The van der Waals surface area contributed by atoms with Gasteiger partial charge >= 0.3 is 6.03 Å². The molecule has 1 aliphatic carbocycles. The lowest BCUT2D eigenvalue weighted by Crippen LogP contribution is -2.62. The Bertz CT molecular complexity index is 1150. The third kappa shape index (κ3) is 8.89. The van der Waals surface area contributed by atoms with Gasteiger partial charge in [-0.1, -0.05) is 81.2 Å². The molecule has 260 valence electrons. The molecular weight excluding hydrogens is 584 g/mol. The molecule has 0 aromatic carbocycles. The van der Waals surface area contributed by atoms with Gasteiger partial charge in [0.05, 0.1) is 6.04 Å². The monoisotopic (exact) mass is 644 g/mol. The molecule has 2 heterocycles. The van der Waals surface area contributed by atoms with Crippen LogP contribution >= 0.6 is 0 Å². The summed E-state index contributed by atoms with van der Waals surface area (Å²) in [6, 6.07) is -3.24. The number of amides is 5. The Morgan fingerprint density at radius 2 is 1.57 bits per heavy atom. The second kappa shape index (κ2) is 14.9. The van der Waals surface area contributed by atoms with Crippen LogP contribution in [0, 0.1) is 28.1 Å². The third-order valence-corrected chi connectivity index (χ3v) is 10.2. The minimum absolute atomic E-state index is 0.0901. The lowest BCUT2D eigenvalue weighted by molar-refractivity contribution is -0.145. The largest absolute Gasteiger partial charge is 0.346 e. The van der Waals surface area contributed by atoms with Crippen molar-refractivity contribution in [2.45, 2.75) is 119 Å². The molecule has 0 radical (unpaired) electrons. The molecule has 3 aliphatic rings. The summed E-state index contributed by atoms with van der Waals surface area (Å²) in [5.74, 6) is -2.24. The highest BCUT2D eigenvalue weighted by atomic mass is 16.2. The molecule has 2 aliphatic heterocycles. The van der Waals surface area contributed by atoms with Crippen molar-refractivity contribution >= 4 is 29.5 Å². The first kappa shape index (κ1) is 37.5. The van der Waals surface area contributed by atoms with Gasteiger partial charge in [-0.3, -0.25) is 19.2 Å². The van der Waals surface area contributed by atoms with Gasteiger partial charge in [0.15, 0.2) is 0 Å². The number of hydrogen-bond donors (Lipinski definition) is 4. The van der Waals surface area contributed by atoms with E-state index in [0.29, 0.717) is 19.4 Å². The maximum Gasteiger partial charge on any atom is 0.315 e. The Balaban J connectivity index is 1.79. The lowest BCUT2D eigenvalue weighted by Gasteiger charge is -2.40. The van der Waals surface area contributed by atoms with Crippen LogP contribution in [0.2, 0.25) is 0 Å². The van der Waals surface area contributed by atoms with Gasteiger partial charge in [0, 0.05) is 25.7 Å². The maximum absolute atomic E-state index is 14.3. The zero-order valence-corrected chi connectivity index (χ0v) is 29.8. The predicted molar refractivity (Wildman–Crippen MR) is 180 cm³/mol. The van der Waals surface area contributed by atoms with Crippen LogP contribution in [0.1, 0.15) is 94.4 Å². The SMILES string of the molecule is C=CCNC(=O)C(=O)C(CCC)NC(=O)[C@@H]1[C@@H]2[C@H](CN1C(=O)[C@@H](NC(=O)N[C@@H](CN1CCCCC1)C(C)(C)C)C(C)(C)C)C2(C)C. The fourth-order valence-electron chi connectivity index (χ4n) is 7.12. The fraction of sp³-hybridized carbons (Fsp3) is 0.800. The van der Waals surface area contributed by atoms with E-state index in [0.717, 1.165) is 32.5 Å². The second-order valence-electron chi connectivity index (χ2n) is 16.3. The maximum atomic E-state index is 14.3. The number of Topliss-reactive ketones (excluding diaryl/α,β-unsaturated/α-hetero) is 1. The van der Waals surface area contributed by atoms with Gasteiger partial charge in [-0.25, -0.2) is 4.79 Å². The van der Waals surface area contributed by atoms with E-state index in [2.05, 4.69) is 67.4 Å². The van der Waals surface area contributed by atoms with Crippen molar-refractivity contribution in [2.75, 3.05) is 32.7 Å². The van der Waals surface area contributed by atoms with E-state index in [4.69, 9.17) is 0 Å². The van der Waals surface area contributed by atoms with Crippen LogP contribution in [-0.4, -0.2) is 96.2 Å². The molecule has 46 heavy (non-hydrogen) atoms. The molecule has 0 bridgehead atoms. The van der Waals surface area contributed by atoms with Gasteiger partial charge in [0.2, 0.25) is 17.6 Å². The summed E-state index contributed by atoms with van der Waals surface area (Å²) in [5.41, 5.74) is -0.997. The molecule has 0 spiro atoms. The van der Waals surface area contributed by atoms with E-state index in [9.17, 15) is 24.0 Å². The summed E-state index contributed by atoms with van der Waals surface area (Å²) in [6.07, 6.45) is 5.90. The fourth-order valence-corrected chi connectivity index (χ4v) is 7.12. The van der Waals surface area contributed by atoms with Gasteiger partial charge in [-0.05, 0) is 60.4 Å². The highest BCUT2D eigenvalue weighted by molar-refractivity contribution is 6.38. The molecule has 1 unspecified atom stereocenters. The van der Waals surface area contributed by atoms with E-state index < -0.39 is 47.2 Å². The molecule has 2 saturated heterocycles. The first-order valence-electron chi connectivity index (χ1n) is 17.2. The van der Waals surface area contributed by atoms with E-state index in [1.807, 2.05) is 27.7 Å². The van der Waals surface area contributed by atoms with E-state index >= 15 is 0 Å². The van der Waals surface area contributed by atoms with Gasteiger partial charge in [0.25, 0.3) is 5.91 Å². The van der Waals surface area contributed by atoms with Crippen molar-refractivity contribution < 1.29 is 24.0 Å². The predicted octanol–water partition coefficient (Wildman–Crippen LogP) is 3.24. The van der Waals surface area contributed by atoms with Crippen molar-refractivity contribution in [1.29, 1.82) is 0 Å². The number of likely N-dealkylation sites (tertiary alicyclic amines) is 2. The van der Waals surface area contributed by atoms with Crippen LogP contribution in [0.3, 0.4) is 0 Å². The van der Waals surface area contributed by atoms with E-state index in [-0.39, 0.29) is 41.2 Å². The Labute approximate surface area is 276 Å². The van der Waals surface area contributed by atoms with Crippen LogP contribution in [0.25, 0.3) is 0 Å². The number of nitrogens with zero attached hydrogens (tertiary/aromatic N) is 2. The van der Waals surface area contributed by atoms with Gasteiger partial charge in [0.1, 0.15) is 12.1 Å². The molecule has 0 aromatic rings. The summed E-state index contributed by atoms with van der Waals surface area (Å²) < 4.78 is 0. The first-order valence-corrected chi connectivity index (χ1v) is 17.2. The quantitative estimate of drug-likeness (QED) is 0.179. The number of carbonyl (C=O) groups excluding carboxylic acids is 5. The summed E-state index contributed by atoms with van der Waals surface area (Å²) in [7, 11) is 0. The number of rotatable bonds is 13. The number of piperidine rings is 2. The smallest absolute Gasteiger partial charge is 0.315 e. The lowest BCUT2D eigenvalue weighted by atomic mass is 9.84. The minimum atomic E-state index is -1.00. The number of hydrogen-bond acceptors (Lipinski definition) is 6. The molecule has 1 saturated carbocycles. The third-order valence-electron chi connectivity index (χ3n) is 10.2. The summed E-state index contributed by atoms with van der Waals surface area (Å²) in [6.45, 7) is 24.9. The molecule has 5 amide bonds. The van der Waals surface area contributed by atoms with Crippen LogP contribution < -0.4 is 21.3 Å². The van der Waals surface area contributed by atoms with Crippen LogP contribution in [0.5, 0.6) is 0 Å². The molecule has 6 atom stereocenters.